The summed E-state index contributed by atoms with van der Waals surface area (Å²) in [5, 5.41) is 3.38. The van der Waals surface area contributed by atoms with E-state index in [9.17, 15) is 4.79 Å². The van der Waals surface area contributed by atoms with Gasteiger partial charge < -0.3 is 10.2 Å². The summed E-state index contributed by atoms with van der Waals surface area (Å²) in [5.74, 6) is 0.953. The molecule has 0 aromatic carbocycles. The molecule has 1 aromatic rings. The van der Waals surface area contributed by atoms with Crippen LogP contribution >= 0.6 is 0 Å². The number of piperidine rings is 1. The minimum absolute atomic E-state index is 0.0358. The van der Waals surface area contributed by atoms with Crippen molar-refractivity contribution in [3.8, 4) is 0 Å². The maximum atomic E-state index is 12.6. The second kappa shape index (κ2) is 7.20. The van der Waals surface area contributed by atoms with E-state index in [1.165, 1.54) is 12.0 Å². The molecule has 1 amide bonds. The first-order valence-corrected chi connectivity index (χ1v) is 8.36. The predicted molar refractivity (Wildman–Crippen MR) is 86.3 cm³/mol. The summed E-state index contributed by atoms with van der Waals surface area (Å²) in [4.78, 5) is 21.2. The lowest BCUT2D eigenvalue weighted by atomic mass is 9.93. The Morgan fingerprint density at radius 1 is 1.36 bits per heavy atom. The molecule has 0 bridgehead atoms. The molecule has 5 nitrogen and oxygen atoms in total. The average molecular weight is 302 g/mol. The highest BCUT2D eigenvalue weighted by Crippen LogP contribution is 2.17. The van der Waals surface area contributed by atoms with Gasteiger partial charge in [-0.2, -0.15) is 0 Å². The summed E-state index contributed by atoms with van der Waals surface area (Å²) in [5.41, 5.74) is 1.24. The number of piperazine rings is 1. The molecule has 1 N–H and O–H groups in total. The Balaban J connectivity index is 1.48. The van der Waals surface area contributed by atoms with E-state index < -0.39 is 0 Å². The SMILES string of the molecule is CC1CCNC(C(=O)N2CCN(Cc3cccnc3)CC2)C1. The van der Waals surface area contributed by atoms with E-state index in [2.05, 4.69) is 28.2 Å². The number of amides is 1. The van der Waals surface area contributed by atoms with Gasteiger partial charge in [-0.05, 0) is 36.9 Å². The van der Waals surface area contributed by atoms with Gasteiger partial charge in [0.05, 0.1) is 6.04 Å². The van der Waals surface area contributed by atoms with Crippen LogP contribution in [0.1, 0.15) is 25.3 Å². The molecule has 22 heavy (non-hydrogen) atoms. The second-order valence-corrected chi connectivity index (χ2v) is 6.60. The number of hydrogen-bond donors (Lipinski definition) is 1. The number of hydrogen-bond acceptors (Lipinski definition) is 4. The van der Waals surface area contributed by atoms with E-state index >= 15 is 0 Å². The molecular weight excluding hydrogens is 276 g/mol. The quantitative estimate of drug-likeness (QED) is 0.909. The summed E-state index contributed by atoms with van der Waals surface area (Å²) in [6.07, 6.45) is 5.89. The number of rotatable bonds is 3. The van der Waals surface area contributed by atoms with Crippen LogP contribution in [0, 0.1) is 5.92 Å². The van der Waals surface area contributed by atoms with Crippen molar-refractivity contribution in [2.75, 3.05) is 32.7 Å². The highest BCUT2D eigenvalue weighted by Gasteiger charge is 2.30. The van der Waals surface area contributed by atoms with E-state index in [1.54, 1.807) is 6.20 Å². The molecule has 2 fully saturated rings. The standard InChI is InChI=1S/C17H26N4O/c1-14-4-6-19-16(11-14)17(22)21-9-7-20(8-10-21)13-15-3-2-5-18-12-15/h2-3,5,12,14,16,19H,4,6-11,13H2,1H3. The molecule has 2 saturated heterocycles. The van der Waals surface area contributed by atoms with Gasteiger partial charge in [0, 0.05) is 45.1 Å². The molecular formula is C17H26N4O. The molecule has 120 valence electrons. The fraction of sp³-hybridized carbons (Fsp3) is 0.647. The van der Waals surface area contributed by atoms with Crippen molar-refractivity contribution in [3.63, 3.8) is 0 Å². The first kappa shape index (κ1) is 15.4. The summed E-state index contributed by atoms with van der Waals surface area (Å²) < 4.78 is 0. The lowest BCUT2D eigenvalue weighted by molar-refractivity contribution is -0.136. The van der Waals surface area contributed by atoms with Gasteiger partial charge in [-0.3, -0.25) is 14.7 Å². The number of pyridine rings is 1. The van der Waals surface area contributed by atoms with E-state index in [0.29, 0.717) is 11.8 Å². The Bertz CT molecular complexity index is 485. The van der Waals surface area contributed by atoms with E-state index in [0.717, 1.165) is 45.7 Å². The summed E-state index contributed by atoms with van der Waals surface area (Å²) in [6.45, 7) is 7.71. The molecule has 3 heterocycles. The number of carbonyl (C=O) groups is 1. The number of nitrogens with one attached hydrogen (secondary N) is 1. The van der Waals surface area contributed by atoms with Crippen LogP contribution < -0.4 is 5.32 Å². The third-order valence-corrected chi connectivity index (χ3v) is 4.78. The minimum Gasteiger partial charge on any atom is -0.339 e. The predicted octanol–water partition coefficient (Wildman–Crippen LogP) is 1.11. The van der Waals surface area contributed by atoms with E-state index in [-0.39, 0.29) is 6.04 Å². The third kappa shape index (κ3) is 3.84. The van der Waals surface area contributed by atoms with Gasteiger partial charge in [0.25, 0.3) is 0 Å². The van der Waals surface area contributed by atoms with Crippen LogP contribution in [-0.4, -0.2) is 59.5 Å². The fourth-order valence-electron chi connectivity index (χ4n) is 3.39. The van der Waals surface area contributed by atoms with Crippen LogP contribution in [-0.2, 0) is 11.3 Å². The van der Waals surface area contributed by atoms with Crippen molar-refractivity contribution in [1.82, 2.24) is 20.1 Å². The topological polar surface area (TPSA) is 48.5 Å². The molecule has 0 saturated carbocycles. The molecule has 2 aliphatic heterocycles. The van der Waals surface area contributed by atoms with Gasteiger partial charge in [0.1, 0.15) is 0 Å². The molecule has 2 unspecified atom stereocenters. The van der Waals surface area contributed by atoms with Crippen LogP contribution in [0.5, 0.6) is 0 Å². The van der Waals surface area contributed by atoms with Crippen molar-refractivity contribution in [3.05, 3.63) is 30.1 Å². The van der Waals surface area contributed by atoms with Gasteiger partial charge in [0.2, 0.25) is 5.91 Å². The maximum Gasteiger partial charge on any atom is 0.239 e. The molecule has 3 rings (SSSR count). The van der Waals surface area contributed by atoms with Crippen LogP contribution in [0.15, 0.2) is 24.5 Å². The zero-order valence-electron chi connectivity index (χ0n) is 13.4. The Kier molecular flexibility index (Phi) is 5.05. The van der Waals surface area contributed by atoms with Gasteiger partial charge in [0.15, 0.2) is 0 Å². The smallest absolute Gasteiger partial charge is 0.239 e. The summed E-state index contributed by atoms with van der Waals surface area (Å²) in [7, 11) is 0. The second-order valence-electron chi connectivity index (χ2n) is 6.60. The molecule has 0 radical (unpaired) electrons. The highest BCUT2D eigenvalue weighted by atomic mass is 16.2. The van der Waals surface area contributed by atoms with Crippen LogP contribution in [0.3, 0.4) is 0 Å². The molecule has 1 aromatic heterocycles. The summed E-state index contributed by atoms with van der Waals surface area (Å²) >= 11 is 0. The largest absolute Gasteiger partial charge is 0.339 e. The van der Waals surface area contributed by atoms with Crippen LogP contribution in [0.25, 0.3) is 0 Å². The minimum atomic E-state index is 0.0358. The summed E-state index contributed by atoms with van der Waals surface area (Å²) in [6, 6.07) is 4.12. The Hall–Kier alpha value is -1.46. The molecule has 2 aliphatic rings. The molecule has 2 atom stereocenters. The van der Waals surface area contributed by atoms with Gasteiger partial charge >= 0.3 is 0 Å². The van der Waals surface area contributed by atoms with Crippen molar-refractivity contribution < 1.29 is 4.79 Å². The first-order valence-electron chi connectivity index (χ1n) is 8.36. The number of nitrogens with zero attached hydrogens (tertiary/aromatic N) is 3. The van der Waals surface area contributed by atoms with Gasteiger partial charge in [-0.15, -0.1) is 0 Å². The first-order chi connectivity index (χ1) is 10.7. The van der Waals surface area contributed by atoms with Crippen molar-refractivity contribution in [1.29, 1.82) is 0 Å². The van der Waals surface area contributed by atoms with E-state index in [4.69, 9.17) is 0 Å². The fourth-order valence-corrected chi connectivity index (χ4v) is 3.39. The van der Waals surface area contributed by atoms with E-state index in [1.807, 2.05) is 17.2 Å². The molecule has 5 heteroatoms. The Labute approximate surface area is 132 Å². The van der Waals surface area contributed by atoms with Crippen LogP contribution in [0.2, 0.25) is 0 Å². The Morgan fingerprint density at radius 2 is 2.18 bits per heavy atom. The van der Waals surface area contributed by atoms with Crippen LogP contribution in [0.4, 0.5) is 0 Å². The molecule has 0 aliphatic carbocycles. The average Bonchev–Trinajstić information content (AvgIpc) is 2.56. The maximum absolute atomic E-state index is 12.6. The third-order valence-electron chi connectivity index (χ3n) is 4.78. The zero-order valence-corrected chi connectivity index (χ0v) is 13.4. The van der Waals surface area contributed by atoms with Gasteiger partial charge in [-0.1, -0.05) is 13.0 Å². The number of aromatic nitrogens is 1. The van der Waals surface area contributed by atoms with Crippen molar-refractivity contribution in [2.24, 2.45) is 5.92 Å². The van der Waals surface area contributed by atoms with Crippen molar-refractivity contribution >= 4 is 5.91 Å². The lowest BCUT2D eigenvalue weighted by Gasteiger charge is -2.38. The highest BCUT2D eigenvalue weighted by molar-refractivity contribution is 5.82. The molecule has 0 spiro atoms. The van der Waals surface area contributed by atoms with Crippen molar-refractivity contribution in [2.45, 2.75) is 32.4 Å². The normalized spacial score (nSPS) is 26.9. The Morgan fingerprint density at radius 3 is 2.86 bits per heavy atom. The zero-order chi connectivity index (χ0) is 15.4. The van der Waals surface area contributed by atoms with Gasteiger partial charge in [-0.25, -0.2) is 0 Å². The lowest BCUT2D eigenvalue weighted by Crippen LogP contribution is -2.55. The monoisotopic (exact) mass is 302 g/mol. The number of carbonyl (C=O) groups excluding carboxylic acids is 1.